The number of rotatable bonds is 38. The molecule has 54 heavy (non-hydrogen) atoms. The van der Waals surface area contributed by atoms with Gasteiger partial charge >= 0.3 is 19.8 Å². The van der Waals surface area contributed by atoms with E-state index in [1.165, 1.54) is 63.9 Å². The Balaban J connectivity index is 4.42. The predicted molar refractivity (Wildman–Crippen MR) is 220 cm³/mol. The number of ether oxygens (including phenoxy) is 2. The van der Waals surface area contributed by atoms with Gasteiger partial charge in [0.15, 0.2) is 11.9 Å². The highest BCUT2D eigenvalue weighted by Gasteiger charge is 2.26. The van der Waals surface area contributed by atoms with Gasteiger partial charge in [-0.05, 0) is 70.3 Å². The lowest BCUT2D eigenvalue weighted by atomic mass is 10.1. The maximum Gasteiger partial charge on any atom is 0.472 e. The first-order valence-electron chi connectivity index (χ1n) is 20.7. The van der Waals surface area contributed by atoms with Crippen LogP contribution < -0.4 is 5.73 Å². The average Bonchev–Trinajstić information content (AvgIpc) is 3.15. The van der Waals surface area contributed by atoms with E-state index in [0.29, 0.717) is 6.42 Å². The summed E-state index contributed by atoms with van der Waals surface area (Å²) in [5.74, 6) is -1.22. The van der Waals surface area contributed by atoms with Crippen LogP contribution in [0.4, 0.5) is 0 Å². The second kappa shape index (κ2) is 38.6. The number of carbonyl (C=O) groups is 3. The Morgan fingerprint density at radius 2 is 1.15 bits per heavy atom. The molecular weight excluding hydrogens is 705 g/mol. The van der Waals surface area contributed by atoms with Gasteiger partial charge in [-0.1, -0.05) is 133 Å². The van der Waals surface area contributed by atoms with Crippen LogP contribution in [0.15, 0.2) is 60.8 Å². The Morgan fingerprint density at radius 3 is 1.81 bits per heavy atom. The minimum Gasteiger partial charge on any atom is -0.462 e. The number of ketones is 1. The van der Waals surface area contributed by atoms with Crippen molar-refractivity contribution in [2.45, 2.75) is 168 Å². The Hall–Kier alpha value is -2.62. The van der Waals surface area contributed by atoms with Crippen molar-refractivity contribution < 1.29 is 42.4 Å². The van der Waals surface area contributed by atoms with Crippen LogP contribution in [0.1, 0.15) is 162 Å². The normalized spacial score (nSPS) is 13.9. The van der Waals surface area contributed by atoms with Crippen molar-refractivity contribution in [3.63, 3.8) is 0 Å². The van der Waals surface area contributed by atoms with E-state index in [1.54, 1.807) is 6.08 Å². The van der Waals surface area contributed by atoms with E-state index in [1.807, 2.05) is 12.2 Å². The van der Waals surface area contributed by atoms with E-state index >= 15 is 0 Å². The molecule has 2 atom stereocenters. The average molecular weight is 780 g/mol. The van der Waals surface area contributed by atoms with E-state index in [9.17, 15) is 23.8 Å². The highest BCUT2D eigenvalue weighted by molar-refractivity contribution is 7.47. The standard InChI is InChI=1S/C43H74NO9P/c1-3-5-7-9-11-13-15-17-18-20-22-24-26-28-30-34-42(46)50-38-41(39-52-54(48,49)51-37-36-44)53-43(47)35-31-33-40(45)32-29-27-25-23-21-19-16-14-12-10-8-6-4-2/h12,14,17-19,21,25,27,29,32,41H,3-11,13,15-16,20,22-24,26,28,30-31,33-39,44H2,1-2H3,(H,48,49)/b14-12-,18-17-,21-19-,27-25-,32-29+/t41-/m1/s1. The van der Waals surface area contributed by atoms with Gasteiger partial charge in [0.05, 0.1) is 13.2 Å². The number of carbonyl (C=O) groups excluding carboxylic acids is 3. The van der Waals surface area contributed by atoms with Gasteiger partial charge in [0.25, 0.3) is 0 Å². The van der Waals surface area contributed by atoms with E-state index < -0.39 is 32.5 Å². The maximum absolute atomic E-state index is 12.5. The summed E-state index contributed by atoms with van der Waals surface area (Å²) >= 11 is 0. The van der Waals surface area contributed by atoms with Crippen LogP contribution in [0.2, 0.25) is 0 Å². The van der Waals surface area contributed by atoms with Gasteiger partial charge in [-0.3, -0.25) is 23.4 Å². The molecule has 0 aromatic rings. The molecule has 3 N–H and O–H groups in total. The number of allylic oxidation sites excluding steroid dienone is 10. The fourth-order valence-corrected chi connectivity index (χ4v) is 5.99. The number of hydrogen-bond donors (Lipinski definition) is 2. The van der Waals surface area contributed by atoms with E-state index in [2.05, 4.69) is 50.3 Å². The minimum absolute atomic E-state index is 0.0131. The van der Waals surface area contributed by atoms with Crippen molar-refractivity contribution in [1.29, 1.82) is 0 Å². The molecule has 0 rings (SSSR count). The highest BCUT2D eigenvalue weighted by Crippen LogP contribution is 2.43. The number of esters is 2. The summed E-state index contributed by atoms with van der Waals surface area (Å²) < 4.78 is 32.5. The molecule has 0 bridgehead atoms. The smallest absolute Gasteiger partial charge is 0.462 e. The highest BCUT2D eigenvalue weighted by atomic mass is 31.2. The number of nitrogens with two attached hydrogens (primary N) is 1. The van der Waals surface area contributed by atoms with E-state index in [0.717, 1.165) is 57.8 Å². The first-order valence-corrected chi connectivity index (χ1v) is 22.2. The van der Waals surface area contributed by atoms with Crippen molar-refractivity contribution in [2.24, 2.45) is 5.73 Å². The van der Waals surface area contributed by atoms with Crippen molar-refractivity contribution in [1.82, 2.24) is 0 Å². The summed E-state index contributed by atoms with van der Waals surface area (Å²) in [6, 6.07) is 0. The molecule has 310 valence electrons. The monoisotopic (exact) mass is 780 g/mol. The van der Waals surface area contributed by atoms with Crippen LogP contribution in [0, 0.1) is 0 Å². The molecule has 0 saturated heterocycles. The van der Waals surface area contributed by atoms with Crippen molar-refractivity contribution in [3.05, 3.63) is 60.8 Å². The zero-order valence-corrected chi connectivity index (χ0v) is 34.6. The summed E-state index contributed by atoms with van der Waals surface area (Å²) in [6.45, 7) is 3.39. The third kappa shape index (κ3) is 37.7. The zero-order valence-electron chi connectivity index (χ0n) is 33.7. The first kappa shape index (κ1) is 51.4. The molecule has 1 unspecified atom stereocenters. The van der Waals surface area contributed by atoms with Crippen LogP contribution in [0.25, 0.3) is 0 Å². The van der Waals surface area contributed by atoms with Gasteiger partial charge in [-0.2, -0.15) is 0 Å². The molecule has 10 nitrogen and oxygen atoms in total. The first-order chi connectivity index (χ1) is 26.2. The lowest BCUT2D eigenvalue weighted by Gasteiger charge is -2.19. The van der Waals surface area contributed by atoms with Crippen molar-refractivity contribution >= 4 is 25.5 Å². The predicted octanol–water partition coefficient (Wildman–Crippen LogP) is 10.9. The Morgan fingerprint density at radius 1 is 0.611 bits per heavy atom. The van der Waals surface area contributed by atoms with Crippen molar-refractivity contribution in [3.8, 4) is 0 Å². The summed E-state index contributed by atoms with van der Waals surface area (Å²) in [5.41, 5.74) is 5.32. The number of hydrogen-bond acceptors (Lipinski definition) is 9. The molecule has 0 aliphatic rings. The quantitative estimate of drug-likeness (QED) is 0.0155. The molecule has 0 spiro atoms. The van der Waals surface area contributed by atoms with Gasteiger partial charge in [0.2, 0.25) is 0 Å². The van der Waals surface area contributed by atoms with E-state index in [-0.39, 0.29) is 51.2 Å². The largest absolute Gasteiger partial charge is 0.472 e. The zero-order chi connectivity index (χ0) is 39.8. The van der Waals surface area contributed by atoms with Gasteiger partial charge in [-0.25, -0.2) is 4.57 Å². The summed E-state index contributed by atoms with van der Waals surface area (Å²) in [4.78, 5) is 47.0. The summed E-state index contributed by atoms with van der Waals surface area (Å²) in [5, 5.41) is 0. The summed E-state index contributed by atoms with van der Waals surface area (Å²) in [7, 11) is -4.44. The summed E-state index contributed by atoms with van der Waals surface area (Å²) in [6.07, 6.45) is 41.1. The topological polar surface area (TPSA) is 151 Å². The van der Waals surface area contributed by atoms with Gasteiger partial charge in [0, 0.05) is 25.8 Å². The number of unbranched alkanes of at least 4 members (excludes halogenated alkanes) is 14. The molecule has 0 fully saturated rings. The lowest BCUT2D eigenvalue weighted by Crippen LogP contribution is -2.29. The molecule has 0 amide bonds. The van der Waals surface area contributed by atoms with E-state index in [4.69, 9.17) is 24.3 Å². The molecule has 0 aliphatic carbocycles. The van der Waals surface area contributed by atoms with Crippen LogP contribution >= 0.6 is 7.82 Å². The SMILES string of the molecule is CCCCC/C=C\C/C=C\C/C=C\C=C\C(=O)CCCC(=O)O[C@H](COC(=O)CCCCCCC/C=C\CCCCCCCC)COP(=O)(O)OCCN. The minimum atomic E-state index is -4.44. The van der Waals surface area contributed by atoms with Crippen LogP contribution in [-0.2, 0) is 37.5 Å². The second-order valence-corrected chi connectivity index (χ2v) is 15.0. The Bertz CT molecular complexity index is 1130. The lowest BCUT2D eigenvalue weighted by molar-refractivity contribution is -0.161. The molecule has 0 aromatic heterocycles. The Labute approximate surface area is 327 Å². The van der Waals surface area contributed by atoms with Gasteiger partial charge in [-0.15, -0.1) is 0 Å². The Kier molecular flexibility index (Phi) is 36.8. The molecule has 0 heterocycles. The molecule has 0 aliphatic heterocycles. The van der Waals surface area contributed by atoms with Gasteiger partial charge in [0.1, 0.15) is 6.61 Å². The third-order valence-electron chi connectivity index (χ3n) is 8.35. The van der Waals surface area contributed by atoms with Crippen LogP contribution in [0.5, 0.6) is 0 Å². The number of phosphoric ester groups is 1. The second-order valence-electron chi connectivity index (χ2n) is 13.5. The van der Waals surface area contributed by atoms with Crippen molar-refractivity contribution in [2.75, 3.05) is 26.4 Å². The molecular formula is C43H74NO9P. The fraction of sp³-hybridized carbons (Fsp3) is 0.698. The fourth-order valence-electron chi connectivity index (χ4n) is 5.23. The molecule has 0 radical (unpaired) electrons. The van der Waals surface area contributed by atoms with Crippen LogP contribution in [0.3, 0.4) is 0 Å². The third-order valence-corrected chi connectivity index (χ3v) is 9.34. The number of phosphoric acid groups is 1. The maximum atomic E-state index is 12.5. The molecule has 0 aromatic carbocycles. The van der Waals surface area contributed by atoms with Crippen LogP contribution in [-0.4, -0.2) is 55.1 Å². The molecule has 11 heteroatoms. The molecule has 0 saturated carbocycles. The van der Waals surface area contributed by atoms with Gasteiger partial charge < -0.3 is 20.1 Å².